The summed E-state index contributed by atoms with van der Waals surface area (Å²) in [6.45, 7) is 3.73. The predicted octanol–water partition coefficient (Wildman–Crippen LogP) is 5.42. The third-order valence-electron chi connectivity index (χ3n) is 4.51. The summed E-state index contributed by atoms with van der Waals surface area (Å²) < 4.78 is 28.3. The molecule has 0 saturated carbocycles. The zero-order chi connectivity index (χ0) is 22.6. The van der Waals surface area contributed by atoms with Crippen molar-refractivity contribution in [2.75, 3.05) is 10.0 Å². The molecule has 0 radical (unpaired) electrons. The number of thiophene rings is 1. The number of aryl methyl sites for hydroxylation is 2. The summed E-state index contributed by atoms with van der Waals surface area (Å²) in [6, 6.07) is 13.1. The standard InChI is InChI=1S/C22H21ClN2O4S2/c1-14-5-8-18(15(2)12-14)25-31(28,29)21-13-16(6-7-17(21)23)24-22(27)10-9-19(26)20-4-3-11-30-20/h3-8,11-13,25H,9-10H2,1-2H3,(H,24,27). The molecule has 1 heterocycles. The minimum atomic E-state index is -3.98. The van der Waals surface area contributed by atoms with Crippen LogP contribution in [0.2, 0.25) is 5.02 Å². The summed E-state index contributed by atoms with van der Waals surface area (Å²) in [7, 11) is -3.98. The van der Waals surface area contributed by atoms with Crippen molar-refractivity contribution >= 4 is 56.0 Å². The first-order chi connectivity index (χ1) is 14.7. The van der Waals surface area contributed by atoms with E-state index in [2.05, 4.69) is 10.0 Å². The normalized spacial score (nSPS) is 11.2. The maximum Gasteiger partial charge on any atom is 0.263 e. The Morgan fingerprint density at radius 2 is 1.81 bits per heavy atom. The van der Waals surface area contributed by atoms with Crippen LogP contribution in [0.4, 0.5) is 11.4 Å². The Kier molecular flexibility index (Phi) is 7.15. The first-order valence-corrected chi connectivity index (χ1v) is 12.2. The lowest BCUT2D eigenvalue weighted by Gasteiger charge is -2.13. The highest BCUT2D eigenvalue weighted by Gasteiger charge is 2.20. The molecule has 162 valence electrons. The zero-order valence-electron chi connectivity index (χ0n) is 16.9. The number of hydrogen-bond acceptors (Lipinski definition) is 5. The molecule has 9 heteroatoms. The summed E-state index contributed by atoms with van der Waals surface area (Å²) >= 11 is 7.46. The molecule has 1 aromatic heterocycles. The van der Waals surface area contributed by atoms with Crippen LogP contribution >= 0.6 is 22.9 Å². The van der Waals surface area contributed by atoms with E-state index in [1.807, 2.05) is 13.0 Å². The summed E-state index contributed by atoms with van der Waals surface area (Å²) in [5.74, 6) is -0.500. The number of benzene rings is 2. The number of Topliss-reactive ketones (excluding diaryl/α,β-unsaturated/α-hetero) is 1. The monoisotopic (exact) mass is 476 g/mol. The Hall–Kier alpha value is -2.68. The lowest BCUT2D eigenvalue weighted by Crippen LogP contribution is -2.16. The van der Waals surface area contributed by atoms with Gasteiger partial charge in [0.05, 0.1) is 15.6 Å². The minimum absolute atomic E-state index is 0.0117. The van der Waals surface area contributed by atoms with Gasteiger partial charge < -0.3 is 5.32 Å². The third kappa shape index (κ3) is 5.94. The second-order valence-corrected chi connectivity index (χ2v) is 10.0. The number of carbonyl (C=O) groups is 2. The molecule has 1 amide bonds. The van der Waals surface area contributed by atoms with E-state index in [0.717, 1.165) is 11.1 Å². The van der Waals surface area contributed by atoms with Gasteiger partial charge in [-0.15, -0.1) is 11.3 Å². The second kappa shape index (κ2) is 9.64. The highest BCUT2D eigenvalue weighted by atomic mass is 35.5. The number of anilines is 2. The van der Waals surface area contributed by atoms with Crippen LogP contribution in [0.5, 0.6) is 0 Å². The number of rotatable bonds is 8. The van der Waals surface area contributed by atoms with Crippen molar-refractivity contribution < 1.29 is 18.0 Å². The van der Waals surface area contributed by atoms with Gasteiger partial charge in [-0.25, -0.2) is 8.42 Å². The molecule has 0 atom stereocenters. The largest absolute Gasteiger partial charge is 0.326 e. The Morgan fingerprint density at radius 3 is 2.48 bits per heavy atom. The summed E-state index contributed by atoms with van der Waals surface area (Å²) in [4.78, 5) is 24.7. The molecule has 0 fully saturated rings. The second-order valence-electron chi connectivity index (χ2n) is 7.02. The summed E-state index contributed by atoms with van der Waals surface area (Å²) in [5, 5.41) is 4.46. The molecule has 2 aromatic carbocycles. The first kappa shape index (κ1) is 23.0. The molecule has 3 aromatic rings. The maximum atomic E-state index is 12.9. The lowest BCUT2D eigenvalue weighted by atomic mass is 10.1. The van der Waals surface area contributed by atoms with E-state index in [1.54, 1.807) is 36.6 Å². The number of nitrogens with one attached hydrogen (secondary N) is 2. The molecule has 0 spiro atoms. The molecule has 0 aliphatic rings. The fourth-order valence-electron chi connectivity index (χ4n) is 2.93. The molecule has 0 aliphatic heterocycles. The van der Waals surface area contributed by atoms with Crippen LogP contribution in [0.15, 0.2) is 58.8 Å². The van der Waals surface area contributed by atoms with Gasteiger partial charge in [-0.2, -0.15) is 0 Å². The number of sulfonamides is 1. The SMILES string of the molecule is Cc1ccc(NS(=O)(=O)c2cc(NC(=O)CCC(=O)c3cccs3)ccc2Cl)c(C)c1. The van der Waals surface area contributed by atoms with Crippen molar-refractivity contribution in [3.05, 3.63) is 74.9 Å². The van der Waals surface area contributed by atoms with Crippen molar-refractivity contribution in [3.63, 3.8) is 0 Å². The Morgan fingerprint density at radius 1 is 1.03 bits per heavy atom. The molecule has 6 nitrogen and oxygen atoms in total. The molecule has 31 heavy (non-hydrogen) atoms. The van der Waals surface area contributed by atoms with Gasteiger partial charge in [-0.3, -0.25) is 14.3 Å². The van der Waals surface area contributed by atoms with E-state index in [9.17, 15) is 18.0 Å². The highest BCUT2D eigenvalue weighted by Crippen LogP contribution is 2.28. The molecule has 0 saturated heterocycles. The smallest absolute Gasteiger partial charge is 0.263 e. The van der Waals surface area contributed by atoms with Crippen LogP contribution in [-0.4, -0.2) is 20.1 Å². The van der Waals surface area contributed by atoms with Crippen molar-refractivity contribution in [2.45, 2.75) is 31.6 Å². The van der Waals surface area contributed by atoms with Gasteiger partial charge in [-0.1, -0.05) is 35.4 Å². The quantitative estimate of drug-likeness (QED) is 0.424. The molecular formula is C22H21ClN2O4S2. The highest BCUT2D eigenvalue weighted by molar-refractivity contribution is 7.92. The average molecular weight is 477 g/mol. The van der Waals surface area contributed by atoms with Crippen LogP contribution < -0.4 is 10.0 Å². The Labute approximate surface area is 190 Å². The Bertz CT molecular complexity index is 1220. The summed E-state index contributed by atoms with van der Waals surface area (Å²) in [5.41, 5.74) is 2.52. The lowest BCUT2D eigenvalue weighted by molar-refractivity contribution is -0.116. The maximum absolute atomic E-state index is 12.9. The average Bonchev–Trinajstić information content (AvgIpc) is 3.24. The predicted molar refractivity (Wildman–Crippen MR) is 125 cm³/mol. The van der Waals surface area contributed by atoms with Gasteiger partial charge in [0.25, 0.3) is 10.0 Å². The van der Waals surface area contributed by atoms with E-state index < -0.39 is 15.9 Å². The van der Waals surface area contributed by atoms with Crippen LogP contribution in [0.3, 0.4) is 0 Å². The molecule has 0 unspecified atom stereocenters. The van der Waals surface area contributed by atoms with Crippen LogP contribution in [0.1, 0.15) is 33.6 Å². The zero-order valence-corrected chi connectivity index (χ0v) is 19.3. The number of hydrogen-bond donors (Lipinski definition) is 2. The van der Waals surface area contributed by atoms with Crippen LogP contribution in [-0.2, 0) is 14.8 Å². The van der Waals surface area contributed by atoms with E-state index >= 15 is 0 Å². The minimum Gasteiger partial charge on any atom is -0.326 e. The third-order valence-corrected chi connectivity index (χ3v) is 7.26. The fourth-order valence-corrected chi connectivity index (χ4v) is 5.28. The fraction of sp³-hybridized carbons (Fsp3) is 0.182. The van der Waals surface area contributed by atoms with Crippen LogP contribution in [0, 0.1) is 13.8 Å². The molecule has 0 bridgehead atoms. The molecule has 3 rings (SSSR count). The Balaban J connectivity index is 1.71. The van der Waals surface area contributed by atoms with Crippen molar-refractivity contribution in [2.24, 2.45) is 0 Å². The number of ketones is 1. The summed E-state index contributed by atoms with van der Waals surface area (Å²) in [6.07, 6.45) is 0.0571. The van der Waals surface area contributed by atoms with E-state index in [4.69, 9.17) is 11.6 Å². The van der Waals surface area contributed by atoms with Gasteiger partial charge in [-0.05, 0) is 55.1 Å². The van der Waals surface area contributed by atoms with Gasteiger partial charge in [0, 0.05) is 18.5 Å². The topological polar surface area (TPSA) is 92.3 Å². The van der Waals surface area contributed by atoms with Gasteiger partial charge in [0.1, 0.15) is 4.90 Å². The number of amides is 1. The first-order valence-electron chi connectivity index (χ1n) is 9.42. The number of carbonyl (C=O) groups excluding carboxylic acids is 2. The van der Waals surface area contributed by atoms with Crippen LogP contribution in [0.25, 0.3) is 0 Å². The van der Waals surface area contributed by atoms with Crippen molar-refractivity contribution in [1.82, 2.24) is 0 Å². The van der Waals surface area contributed by atoms with Crippen molar-refractivity contribution in [3.8, 4) is 0 Å². The number of halogens is 1. The van der Waals surface area contributed by atoms with E-state index in [0.29, 0.717) is 10.6 Å². The van der Waals surface area contributed by atoms with Gasteiger partial charge >= 0.3 is 0 Å². The molecule has 0 aliphatic carbocycles. The van der Waals surface area contributed by atoms with E-state index in [1.165, 1.54) is 29.5 Å². The molecular weight excluding hydrogens is 456 g/mol. The van der Waals surface area contributed by atoms with E-state index in [-0.39, 0.29) is 34.2 Å². The molecule has 2 N–H and O–H groups in total. The van der Waals surface area contributed by atoms with Gasteiger partial charge in [0.15, 0.2) is 5.78 Å². The van der Waals surface area contributed by atoms with Crippen molar-refractivity contribution in [1.29, 1.82) is 0 Å². The van der Waals surface area contributed by atoms with Gasteiger partial charge in [0.2, 0.25) is 5.91 Å².